The lowest BCUT2D eigenvalue weighted by atomic mass is 10.1. The third-order valence-corrected chi connectivity index (χ3v) is 4.53. The van der Waals surface area contributed by atoms with Gasteiger partial charge < -0.3 is 15.0 Å². The van der Waals surface area contributed by atoms with Gasteiger partial charge in [0.25, 0.3) is 0 Å². The number of carbonyl (C=O) groups excluding carboxylic acids is 1. The lowest BCUT2D eigenvalue weighted by molar-refractivity contribution is -0.135. The molecule has 0 aromatic rings. The van der Waals surface area contributed by atoms with Gasteiger partial charge in [-0.05, 0) is 32.2 Å². The van der Waals surface area contributed by atoms with Gasteiger partial charge in [0.2, 0.25) is 5.91 Å². The molecule has 19 heavy (non-hydrogen) atoms. The maximum Gasteiger partial charge on any atom is 0.239 e. The normalized spacial score (nSPS) is 32.9. The maximum atomic E-state index is 12.3. The monoisotopic (exact) mass is 267 g/mol. The van der Waals surface area contributed by atoms with Crippen molar-refractivity contribution >= 4 is 5.91 Å². The molecule has 1 amide bonds. The van der Waals surface area contributed by atoms with Gasteiger partial charge in [0.15, 0.2) is 0 Å². The van der Waals surface area contributed by atoms with E-state index in [9.17, 15) is 4.79 Å². The van der Waals surface area contributed by atoms with Gasteiger partial charge in [-0.3, -0.25) is 9.69 Å². The van der Waals surface area contributed by atoms with Crippen LogP contribution >= 0.6 is 0 Å². The van der Waals surface area contributed by atoms with E-state index < -0.39 is 0 Å². The SMILES string of the molecule is O=C(C1CCCN1)N1CCN(CC2CCCO2)CC1. The second-order valence-electron chi connectivity index (χ2n) is 5.91. The van der Waals surface area contributed by atoms with Gasteiger partial charge in [-0.25, -0.2) is 0 Å². The molecule has 0 aromatic heterocycles. The van der Waals surface area contributed by atoms with Crippen LogP contribution in [0.5, 0.6) is 0 Å². The summed E-state index contributed by atoms with van der Waals surface area (Å²) in [4.78, 5) is 16.8. The van der Waals surface area contributed by atoms with Crippen LogP contribution in [0.2, 0.25) is 0 Å². The summed E-state index contributed by atoms with van der Waals surface area (Å²) in [5, 5.41) is 3.30. The summed E-state index contributed by atoms with van der Waals surface area (Å²) < 4.78 is 5.68. The Hall–Kier alpha value is -0.650. The highest BCUT2D eigenvalue weighted by Crippen LogP contribution is 2.15. The van der Waals surface area contributed by atoms with Crippen molar-refractivity contribution in [2.75, 3.05) is 45.9 Å². The summed E-state index contributed by atoms with van der Waals surface area (Å²) in [6.45, 7) is 6.72. The van der Waals surface area contributed by atoms with E-state index in [0.29, 0.717) is 12.0 Å². The Balaban J connectivity index is 1.42. The van der Waals surface area contributed by atoms with Crippen molar-refractivity contribution in [1.29, 1.82) is 0 Å². The number of hydrogen-bond donors (Lipinski definition) is 1. The zero-order chi connectivity index (χ0) is 13.1. The lowest BCUT2D eigenvalue weighted by Gasteiger charge is -2.36. The van der Waals surface area contributed by atoms with Crippen molar-refractivity contribution in [2.24, 2.45) is 0 Å². The van der Waals surface area contributed by atoms with E-state index >= 15 is 0 Å². The molecule has 108 valence electrons. The van der Waals surface area contributed by atoms with Crippen LogP contribution < -0.4 is 5.32 Å². The van der Waals surface area contributed by atoms with Gasteiger partial charge in [-0.2, -0.15) is 0 Å². The summed E-state index contributed by atoms with van der Waals surface area (Å²) in [7, 11) is 0. The zero-order valence-electron chi connectivity index (χ0n) is 11.6. The van der Waals surface area contributed by atoms with Crippen molar-refractivity contribution in [2.45, 2.75) is 37.8 Å². The molecule has 0 saturated carbocycles. The summed E-state index contributed by atoms with van der Waals surface area (Å²) in [5.41, 5.74) is 0. The molecule has 3 heterocycles. The minimum atomic E-state index is 0.0877. The Morgan fingerprint density at radius 1 is 1.16 bits per heavy atom. The predicted octanol–water partition coefficient (Wildman–Crippen LogP) is 0.0616. The van der Waals surface area contributed by atoms with Gasteiger partial charge in [-0.1, -0.05) is 0 Å². The molecular formula is C14H25N3O2. The summed E-state index contributed by atoms with van der Waals surface area (Å²) >= 11 is 0. The third-order valence-electron chi connectivity index (χ3n) is 4.53. The van der Waals surface area contributed by atoms with Gasteiger partial charge in [0.1, 0.15) is 0 Å². The lowest BCUT2D eigenvalue weighted by Crippen LogP contribution is -2.54. The molecule has 3 saturated heterocycles. The number of nitrogens with one attached hydrogen (secondary N) is 1. The fraction of sp³-hybridized carbons (Fsp3) is 0.929. The number of rotatable bonds is 3. The van der Waals surface area contributed by atoms with Crippen molar-refractivity contribution in [3.05, 3.63) is 0 Å². The molecule has 0 aliphatic carbocycles. The van der Waals surface area contributed by atoms with Crippen LogP contribution in [0.4, 0.5) is 0 Å². The van der Waals surface area contributed by atoms with E-state index in [1.54, 1.807) is 0 Å². The zero-order valence-corrected chi connectivity index (χ0v) is 11.6. The molecular weight excluding hydrogens is 242 g/mol. The average Bonchev–Trinajstić information content (AvgIpc) is 3.12. The Morgan fingerprint density at radius 3 is 2.63 bits per heavy atom. The van der Waals surface area contributed by atoms with Gasteiger partial charge >= 0.3 is 0 Å². The van der Waals surface area contributed by atoms with Crippen molar-refractivity contribution in [3.63, 3.8) is 0 Å². The van der Waals surface area contributed by atoms with Crippen LogP contribution in [0.15, 0.2) is 0 Å². The quantitative estimate of drug-likeness (QED) is 0.785. The van der Waals surface area contributed by atoms with Crippen LogP contribution in [0, 0.1) is 0 Å². The third kappa shape index (κ3) is 3.27. The van der Waals surface area contributed by atoms with Gasteiger partial charge in [-0.15, -0.1) is 0 Å². The minimum absolute atomic E-state index is 0.0877. The fourth-order valence-corrected chi connectivity index (χ4v) is 3.34. The molecule has 1 N–H and O–H groups in total. The van der Waals surface area contributed by atoms with Crippen molar-refractivity contribution in [3.8, 4) is 0 Å². The summed E-state index contributed by atoms with van der Waals surface area (Å²) in [6, 6.07) is 0.0877. The Kier molecular flexibility index (Phi) is 4.35. The minimum Gasteiger partial charge on any atom is -0.377 e. The van der Waals surface area contributed by atoms with Gasteiger partial charge in [0.05, 0.1) is 12.1 Å². The Labute approximate surface area is 115 Å². The van der Waals surface area contributed by atoms with Crippen LogP contribution in [-0.2, 0) is 9.53 Å². The molecule has 5 heteroatoms. The van der Waals surface area contributed by atoms with E-state index in [1.165, 1.54) is 12.8 Å². The molecule has 0 aromatic carbocycles. The van der Waals surface area contributed by atoms with E-state index in [0.717, 1.165) is 58.7 Å². The molecule has 3 aliphatic heterocycles. The van der Waals surface area contributed by atoms with Crippen LogP contribution in [-0.4, -0.2) is 73.7 Å². The van der Waals surface area contributed by atoms with Crippen LogP contribution in [0.25, 0.3) is 0 Å². The predicted molar refractivity (Wildman–Crippen MR) is 73.0 cm³/mol. The number of hydrogen-bond acceptors (Lipinski definition) is 4. The topological polar surface area (TPSA) is 44.8 Å². The number of piperazine rings is 1. The second-order valence-corrected chi connectivity index (χ2v) is 5.91. The molecule has 0 bridgehead atoms. The highest BCUT2D eigenvalue weighted by Gasteiger charge is 2.30. The molecule has 0 spiro atoms. The first-order valence-corrected chi connectivity index (χ1v) is 7.69. The second kappa shape index (κ2) is 6.20. The molecule has 0 radical (unpaired) electrons. The first kappa shape index (κ1) is 13.3. The van der Waals surface area contributed by atoms with Gasteiger partial charge in [0, 0.05) is 39.3 Å². The van der Waals surface area contributed by atoms with Crippen molar-refractivity contribution in [1.82, 2.24) is 15.1 Å². The largest absolute Gasteiger partial charge is 0.377 e. The molecule has 3 aliphatic rings. The van der Waals surface area contributed by atoms with Crippen LogP contribution in [0.1, 0.15) is 25.7 Å². The number of nitrogens with zero attached hydrogens (tertiary/aromatic N) is 2. The molecule has 5 nitrogen and oxygen atoms in total. The van der Waals surface area contributed by atoms with E-state index in [-0.39, 0.29) is 6.04 Å². The fourth-order valence-electron chi connectivity index (χ4n) is 3.34. The van der Waals surface area contributed by atoms with Crippen molar-refractivity contribution < 1.29 is 9.53 Å². The number of amides is 1. The van der Waals surface area contributed by atoms with E-state index in [2.05, 4.69) is 10.2 Å². The average molecular weight is 267 g/mol. The molecule has 2 unspecified atom stereocenters. The first-order valence-electron chi connectivity index (χ1n) is 7.69. The van der Waals surface area contributed by atoms with E-state index in [4.69, 9.17) is 4.74 Å². The summed E-state index contributed by atoms with van der Waals surface area (Å²) in [6.07, 6.45) is 4.98. The molecule has 2 atom stereocenters. The standard InChI is InChI=1S/C14H25N3O2/c18-14(13-4-1-5-15-13)17-8-6-16(7-9-17)11-12-3-2-10-19-12/h12-13,15H,1-11H2. The maximum absolute atomic E-state index is 12.3. The summed E-state index contributed by atoms with van der Waals surface area (Å²) in [5.74, 6) is 0.314. The smallest absolute Gasteiger partial charge is 0.239 e. The van der Waals surface area contributed by atoms with Crippen LogP contribution in [0.3, 0.4) is 0 Å². The number of ether oxygens (including phenoxy) is 1. The number of carbonyl (C=O) groups is 1. The van der Waals surface area contributed by atoms with E-state index in [1.807, 2.05) is 4.90 Å². The Bertz CT molecular complexity index is 304. The highest BCUT2D eigenvalue weighted by molar-refractivity contribution is 5.82. The Morgan fingerprint density at radius 2 is 2.00 bits per heavy atom. The highest BCUT2D eigenvalue weighted by atomic mass is 16.5. The molecule has 3 fully saturated rings. The molecule has 3 rings (SSSR count). The first-order chi connectivity index (χ1) is 9.33.